The van der Waals surface area contributed by atoms with E-state index in [2.05, 4.69) is 0 Å². The zero-order valence-corrected chi connectivity index (χ0v) is 12.1. The van der Waals surface area contributed by atoms with Gasteiger partial charge in [-0.05, 0) is 18.6 Å². The number of halogens is 1. The van der Waals surface area contributed by atoms with Gasteiger partial charge in [0.1, 0.15) is 5.02 Å². The third-order valence-corrected chi connectivity index (χ3v) is 5.15. The molecule has 1 fully saturated rings. The van der Waals surface area contributed by atoms with Crippen molar-refractivity contribution in [1.82, 2.24) is 4.31 Å². The molecule has 7 nitrogen and oxygen atoms in total. The Balaban J connectivity index is 2.38. The Labute approximate surface area is 121 Å². The lowest BCUT2D eigenvalue weighted by Crippen LogP contribution is -2.33. The largest absolute Gasteiger partial charge is 0.380 e. The van der Waals surface area contributed by atoms with Gasteiger partial charge in [-0.15, -0.1) is 0 Å². The molecule has 1 saturated heterocycles. The fourth-order valence-corrected chi connectivity index (χ4v) is 3.58. The summed E-state index contributed by atoms with van der Waals surface area (Å²) in [7, 11) is -3.77. The summed E-state index contributed by atoms with van der Waals surface area (Å²) >= 11 is 5.68. The number of sulfonamides is 1. The Morgan fingerprint density at radius 3 is 2.75 bits per heavy atom. The van der Waals surface area contributed by atoms with Crippen molar-refractivity contribution >= 4 is 27.3 Å². The average Bonchev–Trinajstić information content (AvgIpc) is 2.67. The molecule has 0 bridgehead atoms. The van der Waals surface area contributed by atoms with Gasteiger partial charge in [0.05, 0.1) is 16.4 Å². The minimum absolute atomic E-state index is 0.0897. The number of nitrogens with zero attached hydrogens (tertiary/aromatic N) is 2. The summed E-state index contributed by atoms with van der Waals surface area (Å²) in [5.41, 5.74) is -0.418. The fraction of sp³-hybridized carbons (Fsp3) is 0.455. The summed E-state index contributed by atoms with van der Waals surface area (Å²) in [6.45, 7) is 1.39. The van der Waals surface area contributed by atoms with Crippen LogP contribution in [-0.2, 0) is 14.8 Å². The minimum Gasteiger partial charge on any atom is -0.380 e. The molecular formula is C11H13ClN2O5S. The molecule has 1 heterocycles. The predicted molar refractivity (Wildman–Crippen MR) is 72.3 cm³/mol. The van der Waals surface area contributed by atoms with Gasteiger partial charge in [-0.25, -0.2) is 8.42 Å². The van der Waals surface area contributed by atoms with Crippen molar-refractivity contribution in [2.24, 2.45) is 0 Å². The predicted octanol–water partition coefficient (Wildman–Crippen LogP) is 1.66. The molecule has 20 heavy (non-hydrogen) atoms. The van der Waals surface area contributed by atoms with E-state index in [-0.39, 0.29) is 16.5 Å². The number of ether oxygens (including phenoxy) is 1. The summed E-state index contributed by atoms with van der Waals surface area (Å²) in [6, 6.07) is 3.49. The monoisotopic (exact) mass is 320 g/mol. The van der Waals surface area contributed by atoms with Crippen molar-refractivity contribution in [3.63, 3.8) is 0 Å². The van der Waals surface area contributed by atoms with Gasteiger partial charge < -0.3 is 4.74 Å². The first-order valence-electron chi connectivity index (χ1n) is 5.95. The Bertz CT molecular complexity index is 611. The van der Waals surface area contributed by atoms with Crippen LogP contribution in [0.2, 0.25) is 5.02 Å². The molecule has 0 aromatic heterocycles. The highest BCUT2D eigenvalue weighted by molar-refractivity contribution is 7.89. The number of rotatable bonds is 3. The van der Waals surface area contributed by atoms with E-state index >= 15 is 0 Å². The Hall–Kier alpha value is -1.22. The van der Waals surface area contributed by atoms with Crippen LogP contribution in [0.15, 0.2) is 23.1 Å². The van der Waals surface area contributed by atoms with Gasteiger partial charge in [-0.1, -0.05) is 11.6 Å². The lowest BCUT2D eigenvalue weighted by Gasteiger charge is -2.19. The van der Waals surface area contributed by atoms with E-state index in [1.54, 1.807) is 0 Å². The van der Waals surface area contributed by atoms with Crippen molar-refractivity contribution in [2.45, 2.75) is 11.3 Å². The van der Waals surface area contributed by atoms with Crippen molar-refractivity contribution in [3.8, 4) is 0 Å². The van der Waals surface area contributed by atoms with Crippen LogP contribution in [0.5, 0.6) is 0 Å². The molecule has 1 aromatic carbocycles. The van der Waals surface area contributed by atoms with E-state index < -0.39 is 20.6 Å². The van der Waals surface area contributed by atoms with Crippen molar-refractivity contribution in [1.29, 1.82) is 0 Å². The van der Waals surface area contributed by atoms with E-state index in [1.165, 1.54) is 16.4 Å². The quantitative estimate of drug-likeness (QED) is 0.624. The summed E-state index contributed by atoms with van der Waals surface area (Å²) < 4.78 is 31.3. The molecule has 0 atom stereocenters. The highest BCUT2D eigenvalue weighted by Crippen LogP contribution is 2.28. The average molecular weight is 321 g/mol. The molecule has 1 aliphatic heterocycles. The molecule has 0 N–H and O–H groups in total. The van der Waals surface area contributed by atoms with E-state index in [0.717, 1.165) is 6.07 Å². The first kappa shape index (κ1) is 15.2. The standard InChI is InChI=1S/C11H13ClN2O5S/c12-10-3-2-9(8-11(10)14(15)16)20(17,18)13-4-1-6-19-7-5-13/h2-3,8H,1,4-7H2. The minimum atomic E-state index is -3.77. The maximum Gasteiger partial charge on any atom is 0.289 e. The highest BCUT2D eigenvalue weighted by Gasteiger charge is 2.27. The molecule has 2 rings (SSSR count). The van der Waals surface area contributed by atoms with Crippen LogP contribution in [0.25, 0.3) is 0 Å². The van der Waals surface area contributed by atoms with Crippen LogP contribution in [0.1, 0.15) is 6.42 Å². The van der Waals surface area contributed by atoms with Gasteiger partial charge in [-0.3, -0.25) is 10.1 Å². The van der Waals surface area contributed by atoms with Crippen molar-refractivity contribution in [3.05, 3.63) is 33.3 Å². The van der Waals surface area contributed by atoms with Gasteiger partial charge in [-0.2, -0.15) is 4.31 Å². The SMILES string of the molecule is O=[N+]([O-])c1cc(S(=O)(=O)N2CCCOCC2)ccc1Cl. The van der Waals surface area contributed by atoms with E-state index in [9.17, 15) is 18.5 Å². The van der Waals surface area contributed by atoms with Crippen LogP contribution in [-0.4, -0.2) is 43.9 Å². The van der Waals surface area contributed by atoms with Crippen LogP contribution in [0.3, 0.4) is 0 Å². The molecule has 0 saturated carbocycles. The third kappa shape index (κ3) is 3.09. The van der Waals surface area contributed by atoms with Crippen LogP contribution in [0, 0.1) is 10.1 Å². The normalized spacial score (nSPS) is 17.6. The number of hydrogen-bond acceptors (Lipinski definition) is 5. The van der Waals surface area contributed by atoms with Gasteiger partial charge >= 0.3 is 0 Å². The smallest absolute Gasteiger partial charge is 0.289 e. The van der Waals surface area contributed by atoms with Crippen LogP contribution < -0.4 is 0 Å². The molecule has 1 aliphatic rings. The highest BCUT2D eigenvalue weighted by atomic mass is 35.5. The first-order valence-corrected chi connectivity index (χ1v) is 7.76. The summed E-state index contributed by atoms with van der Waals surface area (Å²) in [4.78, 5) is 9.99. The lowest BCUT2D eigenvalue weighted by atomic mass is 10.3. The maximum absolute atomic E-state index is 12.4. The van der Waals surface area contributed by atoms with Crippen molar-refractivity contribution < 1.29 is 18.1 Å². The Kier molecular flexibility index (Phi) is 4.59. The number of nitro benzene ring substituents is 1. The number of nitro groups is 1. The van der Waals surface area contributed by atoms with Crippen LogP contribution in [0.4, 0.5) is 5.69 Å². The second-order valence-electron chi connectivity index (χ2n) is 4.24. The van der Waals surface area contributed by atoms with Gasteiger partial charge in [0.15, 0.2) is 0 Å². The molecule has 0 amide bonds. The molecule has 0 spiro atoms. The Morgan fingerprint density at radius 1 is 1.30 bits per heavy atom. The van der Waals surface area contributed by atoms with E-state index in [1.807, 2.05) is 0 Å². The zero-order chi connectivity index (χ0) is 14.8. The second kappa shape index (κ2) is 6.04. The molecule has 1 aromatic rings. The zero-order valence-electron chi connectivity index (χ0n) is 10.5. The number of hydrogen-bond donors (Lipinski definition) is 0. The molecule has 0 aliphatic carbocycles. The molecule has 9 heteroatoms. The topological polar surface area (TPSA) is 89.8 Å². The van der Waals surface area contributed by atoms with E-state index in [4.69, 9.17) is 16.3 Å². The first-order chi connectivity index (χ1) is 9.43. The summed E-state index contributed by atoms with van der Waals surface area (Å²) in [5, 5.41) is 10.7. The van der Waals surface area contributed by atoms with E-state index in [0.29, 0.717) is 26.2 Å². The summed E-state index contributed by atoms with van der Waals surface area (Å²) in [6.07, 6.45) is 0.592. The van der Waals surface area contributed by atoms with Crippen molar-refractivity contribution in [2.75, 3.05) is 26.3 Å². The fourth-order valence-electron chi connectivity index (χ4n) is 1.91. The number of benzene rings is 1. The Morgan fingerprint density at radius 2 is 2.05 bits per heavy atom. The summed E-state index contributed by atoms with van der Waals surface area (Å²) in [5.74, 6) is 0. The second-order valence-corrected chi connectivity index (χ2v) is 6.59. The lowest BCUT2D eigenvalue weighted by molar-refractivity contribution is -0.384. The molecule has 0 unspecified atom stereocenters. The van der Waals surface area contributed by atoms with Gasteiger partial charge in [0.2, 0.25) is 10.0 Å². The molecule has 110 valence electrons. The maximum atomic E-state index is 12.4. The van der Waals surface area contributed by atoms with Gasteiger partial charge in [0, 0.05) is 25.8 Å². The van der Waals surface area contributed by atoms with Gasteiger partial charge in [0.25, 0.3) is 5.69 Å². The third-order valence-electron chi connectivity index (χ3n) is 2.93. The molecular weight excluding hydrogens is 308 g/mol. The van der Waals surface area contributed by atoms with Crippen LogP contribution >= 0.6 is 11.6 Å². The molecule has 0 radical (unpaired) electrons.